The van der Waals surface area contributed by atoms with Gasteiger partial charge in [-0.2, -0.15) is 4.98 Å². The fourth-order valence-electron chi connectivity index (χ4n) is 3.27. The predicted molar refractivity (Wildman–Crippen MR) is 92.4 cm³/mol. The van der Waals surface area contributed by atoms with Crippen LogP contribution in [0.25, 0.3) is 0 Å². The van der Waals surface area contributed by atoms with E-state index in [0.717, 1.165) is 49.5 Å². The molecule has 0 radical (unpaired) electrons. The number of rotatable bonds is 4. The van der Waals surface area contributed by atoms with Crippen molar-refractivity contribution in [1.29, 1.82) is 0 Å². The largest absolute Gasteiger partial charge is 0.339 e. The highest BCUT2D eigenvalue weighted by Crippen LogP contribution is 2.34. The number of thiazole rings is 1. The van der Waals surface area contributed by atoms with Crippen molar-refractivity contribution in [2.45, 2.75) is 50.5 Å². The molecule has 0 spiro atoms. The molecule has 1 aliphatic carbocycles. The Morgan fingerprint density at radius 2 is 2.08 bits per heavy atom. The lowest BCUT2D eigenvalue weighted by atomic mass is 9.99. The van der Waals surface area contributed by atoms with E-state index in [9.17, 15) is 4.79 Å². The monoisotopic (exact) mass is 369 g/mol. The van der Waals surface area contributed by atoms with Gasteiger partial charge in [0.15, 0.2) is 11.0 Å². The number of anilines is 1. The van der Waals surface area contributed by atoms with E-state index in [2.05, 4.69) is 15.1 Å². The minimum Gasteiger partial charge on any atom is -0.339 e. The third-order valence-electron chi connectivity index (χ3n) is 4.59. The summed E-state index contributed by atoms with van der Waals surface area (Å²) in [6.07, 6.45) is 6.02. The summed E-state index contributed by atoms with van der Waals surface area (Å²) in [7, 11) is 0. The molecule has 0 unspecified atom stereocenters. The summed E-state index contributed by atoms with van der Waals surface area (Å²) < 4.78 is 5.35. The Labute approximate surface area is 150 Å². The number of aromatic nitrogens is 3. The molecular weight excluding hydrogens is 350 g/mol. The zero-order valence-corrected chi connectivity index (χ0v) is 14.9. The van der Waals surface area contributed by atoms with Crippen LogP contribution in [0.15, 0.2) is 9.90 Å². The van der Waals surface area contributed by atoms with E-state index in [1.54, 1.807) is 4.90 Å². The van der Waals surface area contributed by atoms with Crippen LogP contribution in [-0.2, 0) is 16.8 Å². The van der Waals surface area contributed by atoms with Crippen LogP contribution in [0, 0.1) is 0 Å². The van der Waals surface area contributed by atoms with Crippen molar-refractivity contribution in [3.63, 3.8) is 0 Å². The Hall–Kier alpha value is -1.51. The van der Waals surface area contributed by atoms with Gasteiger partial charge in [0.2, 0.25) is 11.8 Å². The zero-order chi connectivity index (χ0) is 15.9. The normalized spacial score (nSPS) is 19.7. The van der Waals surface area contributed by atoms with Crippen LogP contribution in [0.5, 0.6) is 0 Å². The topological polar surface area (TPSA) is 98.1 Å². The number of carbonyl (C=O) groups is 1. The zero-order valence-electron chi connectivity index (χ0n) is 13.2. The number of carbonyl (C=O) groups excluding carboxylic acids is 1. The van der Waals surface area contributed by atoms with Gasteiger partial charge in [-0.15, -0.1) is 23.7 Å². The van der Waals surface area contributed by atoms with Crippen LogP contribution in [0.2, 0.25) is 0 Å². The fourth-order valence-corrected chi connectivity index (χ4v) is 4.13. The first-order chi connectivity index (χ1) is 11.1. The van der Waals surface area contributed by atoms with Gasteiger partial charge >= 0.3 is 0 Å². The van der Waals surface area contributed by atoms with Gasteiger partial charge in [-0.05, 0) is 19.3 Å². The molecule has 1 saturated heterocycles. The summed E-state index contributed by atoms with van der Waals surface area (Å²) in [4.78, 5) is 22.5. The SMILES string of the molecule is Cl.NC1(c2noc(Cc3csc(N4CCCC4=O)n3)n2)CCCC1. The van der Waals surface area contributed by atoms with E-state index in [1.807, 2.05) is 5.38 Å². The molecule has 1 aliphatic heterocycles. The molecule has 1 saturated carbocycles. The third-order valence-corrected chi connectivity index (χ3v) is 5.50. The molecule has 24 heavy (non-hydrogen) atoms. The molecule has 0 bridgehead atoms. The number of halogens is 1. The molecular formula is C15H20ClN5O2S. The maximum atomic E-state index is 11.8. The number of nitrogens with zero attached hydrogens (tertiary/aromatic N) is 4. The van der Waals surface area contributed by atoms with Crippen molar-refractivity contribution in [3.8, 4) is 0 Å². The highest BCUT2D eigenvalue weighted by molar-refractivity contribution is 7.14. The minimum atomic E-state index is -0.434. The number of hydrogen-bond donors (Lipinski definition) is 1. The summed E-state index contributed by atoms with van der Waals surface area (Å²) in [5.41, 5.74) is 6.76. The molecule has 3 heterocycles. The van der Waals surface area contributed by atoms with Crippen molar-refractivity contribution < 1.29 is 9.32 Å². The Morgan fingerprint density at radius 1 is 1.29 bits per heavy atom. The molecule has 2 aromatic heterocycles. The summed E-state index contributed by atoms with van der Waals surface area (Å²) in [5, 5.41) is 6.76. The molecule has 9 heteroatoms. The second-order valence-corrected chi connectivity index (χ2v) is 7.16. The third kappa shape index (κ3) is 3.18. The molecule has 0 aromatic carbocycles. The van der Waals surface area contributed by atoms with Crippen LogP contribution >= 0.6 is 23.7 Å². The lowest BCUT2D eigenvalue weighted by Gasteiger charge is -2.17. The molecule has 7 nitrogen and oxygen atoms in total. The summed E-state index contributed by atoms with van der Waals surface area (Å²) >= 11 is 1.48. The van der Waals surface area contributed by atoms with E-state index in [0.29, 0.717) is 24.6 Å². The predicted octanol–water partition coefficient (Wildman–Crippen LogP) is 2.39. The number of amides is 1. The van der Waals surface area contributed by atoms with Crippen LogP contribution in [-0.4, -0.2) is 27.6 Å². The van der Waals surface area contributed by atoms with Crippen LogP contribution in [0.4, 0.5) is 5.13 Å². The highest BCUT2D eigenvalue weighted by atomic mass is 35.5. The fraction of sp³-hybridized carbons (Fsp3) is 0.600. The average Bonchev–Trinajstić information content (AvgIpc) is 3.27. The first kappa shape index (κ1) is 17.3. The van der Waals surface area contributed by atoms with Crippen molar-refractivity contribution in [1.82, 2.24) is 15.1 Å². The Kier molecular flexibility index (Phi) is 4.89. The van der Waals surface area contributed by atoms with Crippen molar-refractivity contribution in [3.05, 3.63) is 22.8 Å². The van der Waals surface area contributed by atoms with Gasteiger partial charge in [0.05, 0.1) is 17.7 Å². The molecule has 2 fully saturated rings. The molecule has 1 amide bonds. The average molecular weight is 370 g/mol. The number of nitrogens with two attached hydrogens (primary N) is 1. The van der Waals surface area contributed by atoms with Gasteiger partial charge in [0, 0.05) is 18.3 Å². The standard InChI is InChI=1S/C15H19N5O2S.ClH/c16-15(5-1-2-6-15)13-18-11(22-19-13)8-10-9-23-14(17-10)20-7-3-4-12(20)21;/h9H,1-8,16H2;1H. The Balaban J connectivity index is 0.00000169. The smallest absolute Gasteiger partial charge is 0.232 e. The number of hydrogen-bond acceptors (Lipinski definition) is 7. The van der Waals surface area contributed by atoms with Crippen LogP contribution in [0.1, 0.15) is 55.9 Å². The maximum Gasteiger partial charge on any atom is 0.232 e. The Morgan fingerprint density at radius 3 is 2.79 bits per heavy atom. The lowest BCUT2D eigenvalue weighted by Crippen LogP contribution is -2.34. The first-order valence-electron chi connectivity index (χ1n) is 8.01. The quantitative estimate of drug-likeness (QED) is 0.888. The summed E-state index contributed by atoms with van der Waals surface area (Å²) in [6.45, 7) is 0.756. The molecule has 130 valence electrons. The van der Waals surface area contributed by atoms with Gasteiger partial charge in [-0.3, -0.25) is 9.69 Å². The molecule has 2 aromatic rings. The summed E-state index contributed by atoms with van der Waals surface area (Å²) in [6, 6.07) is 0. The van der Waals surface area contributed by atoms with Gasteiger partial charge in [-0.1, -0.05) is 18.0 Å². The molecule has 2 aliphatic rings. The van der Waals surface area contributed by atoms with E-state index < -0.39 is 5.54 Å². The van der Waals surface area contributed by atoms with Gasteiger partial charge in [-0.25, -0.2) is 4.98 Å². The van der Waals surface area contributed by atoms with Crippen LogP contribution in [0.3, 0.4) is 0 Å². The first-order valence-corrected chi connectivity index (χ1v) is 8.89. The van der Waals surface area contributed by atoms with Crippen molar-refractivity contribution in [2.24, 2.45) is 5.73 Å². The van der Waals surface area contributed by atoms with Crippen molar-refractivity contribution >= 4 is 34.8 Å². The molecule has 2 N–H and O–H groups in total. The van der Waals surface area contributed by atoms with E-state index in [4.69, 9.17) is 10.3 Å². The maximum absolute atomic E-state index is 11.8. The summed E-state index contributed by atoms with van der Waals surface area (Å²) in [5.74, 6) is 1.29. The second kappa shape index (κ2) is 6.78. The molecule has 0 atom stereocenters. The van der Waals surface area contributed by atoms with E-state index in [1.165, 1.54) is 11.3 Å². The van der Waals surface area contributed by atoms with E-state index in [-0.39, 0.29) is 18.3 Å². The lowest BCUT2D eigenvalue weighted by molar-refractivity contribution is -0.117. The van der Waals surface area contributed by atoms with E-state index >= 15 is 0 Å². The highest BCUT2D eigenvalue weighted by Gasteiger charge is 2.36. The van der Waals surface area contributed by atoms with Crippen LogP contribution < -0.4 is 10.6 Å². The van der Waals surface area contributed by atoms with Gasteiger partial charge < -0.3 is 10.3 Å². The van der Waals surface area contributed by atoms with Gasteiger partial charge in [0.25, 0.3) is 0 Å². The minimum absolute atomic E-state index is 0. The molecule has 4 rings (SSSR count). The Bertz CT molecular complexity index is 725. The van der Waals surface area contributed by atoms with Gasteiger partial charge in [0.1, 0.15) is 0 Å². The van der Waals surface area contributed by atoms with Crippen molar-refractivity contribution in [2.75, 3.05) is 11.4 Å². The second-order valence-electron chi connectivity index (χ2n) is 6.32.